The van der Waals surface area contributed by atoms with E-state index in [2.05, 4.69) is 4.99 Å². The van der Waals surface area contributed by atoms with Crippen LogP contribution in [0.2, 0.25) is 0 Å². The Hall–Kier alpha value is -3.82. The van der Waals surface area contributed by atoms with Gasteiger partial charge in [0.1, 0.15) is 11.8 Å². The van der Waals surface area contributed by atoms with Crippen LogP contribution in [-0.2, 0) is 20.8 Å². The van der Waals surface area contributed by atoms with Crippen molar-refractivity contribution >= 4 is 29.3 Å². The van der Waals surface area contributed by atoms with E-state index >= 15 is 0 Å². The molecule has 2 atom stereocenters. The predicted molar refractivity (Wildman–Crippen MR) is 95.7 cm³/mol. The first kappa shape index (κ1) is 19.0. The number of hydrogen-bond donors (Lipinski definition) is 5. The van der Waals surface area contributed by atoms with Gasteiger partial charge >= 0.3 is 17.9 Å². The van der Waals surface area contributed by atoms with Gasteiger partial charge in [-0.1, -0.05) is 0 Å². The van der Waals surface area contributed by atoms with Crippen LogP contribution in [0.1, 0.15) is 12.0 Å². The van der Waals surface area contributed by atoms with Crippen molar-refractivity contribution in [2.75, 3.05) is 4.90 Å². The molecular weight excluding hydrogens is 372 g/mol. The number of rotatable bonds is 5. The normalized spacial score (nSPS) is 21.2. The average Bonchev–Trinajstić information content (AvgIpc) is 2.97. The van der Waals surface area contributed by atoms with Gasteiger partial charge in [-0.05, 0) is 29.4 Å². The van der Waals surface area contributed by atoms with Gasteiger partial charge in [0.15, 0.2) is 17.5 Å². The summed E-state index contributed by atoms with van der Waals surface area (Å²) in [5.74, 6) is -4.55. The van der Waals surface area contributed by atoms with Crippen LogP contribution >= 0.6 is 0 Å². The van der Waals surface area contributed by atoms with Crippen LogP contribution in [-0.4, -0.2) is 61.2 Å². The lowest BCUT2D eigenvalue weighted by molar-refractivity contribution is -0.139. The number of carboxylic acids is 3. The van der Waals surface area contributed by atoms with E-state index < -0.39 is 41.5 Å². The smallest absolute Gasteiger partial charge is 0.354 e. The zero-order valence-corrected chi connectivity index (χ0v) is 14.3. The lowest BCUT2D eigenvalue weighted by Gasteiger charge is -2.21. The molecular formula is C18H16N2O8. The summed E-state index contributed by atoms with van der Waals surface area (Å²) in [7, 11) is 0. The van der Waals surface area contributed by atoms with E-state index in [1.54, 1.807) is 0 Å². The number of dihydropyridines is 1. The number of allylic oxidation sites excluding steroid dienone is 1. The van der Waals surface area contributed by atoms with Crippen molar-refractivity contribution in [1.29, 1.82) is 0 Å². The molecule has 5 N–H and O–H groups in total. The number of fused-ring (bicyclic) bond motifs is 1. The number of phenolic OH excluding ortho intramolecular Hbond substituents is 2. The molecule has 0 aliphatic carbocycles. The molecule has 2 heterocycles. The third kappa shape index (κ3) is 3.52. The molecule has 0 bridgehead atoms. The summed E-state index contributed by atoms with van der Waals surface area (Å²) in [5, 5.41) is 47.1. The molecule has 0 spiro atoms. The van der Waals surface area contributed by atoms with Crippen LogP contribution in [0.4, 0.5) is 5.69 Å². The summed E-state index contributed by atoms with van der Waals surface area (Å²) in [6.07, 6.45) is 4.06. The second kappa shape index (κ2) is 7.06. The summed E-state index contributed by atoms with van der Waals surface area (Å²) in [6.45, 7) is 0. The Kier molecular flexibility index (Phi) is 4.78. The van der Waals surface area contributed by atoms with Gasteiger partial charge in [0.05, 0.1) is 0 Å². The summed E-state index contributed by atoms with van der Waals surface area (Å²) in [6, 6.07) is 0.263. The van der Waals surface area contributed by atoms with E-state index in [0.29, 0.717) is 16.8 Å². The first-order chi connectivity index (χ1) is 13.2. The highest BCUT2D eigenvalue weighted by molar-refractivity contribution is 6.41. The number of benzene rings is 1. The van der Waals surface area contributed by atoms with E-state index in [-0.39, 0.29) is 18.6 Å². The third-order valence-electron chi connectivity index (χ3n) is 4.49. The Morgan fingerprint density at radius 3 is 2.32 bits per heavy atom. The molecule has 0 radical (unpaired) electrons. The fourth-order valence-corrected chi connectivity index (χ4v) is 3.14. The standard InChI is InChI=1S/C18H16N2O8/c21-14-6-9-5-13(18(27)28)20(12(9)7-15(14)22)2-1-8-3-10(16(23)24)19-11(4-8)17(25)26/h1-3,6-7,11,13,21-22H,4-5H2,(H,23,24)(H,25,26)(H,27,28)/t11-,13+/m0/s1. The molecule has 28 heavy (non-hydrogen) atoms. The molecule has 2 aliphatic rings. The minimum absolute atomic E-state index is 0.0537. The number of carbonyl (C=O) groups is 3. The number of hydrogen-bond acceptors (Lipinski definition) is 7. The maximum Gasteiger partial charge on any atom is 0.354 e. The van der Waals surface area contributed by atoms with Gasteiger partial charge in [0.2, 0.25) is 0 Å². The molecule has 0 unspecified atom stereocenters. The van der Waals surface area contributed by atoms with Crippen molar-refractivity contribution < 1.29 is 39.9 Å². The highest BCUT2D eigenvalue weighted by atomic mass is 16.4. The highest BCUT2D eigenvalue weighted by Crippen LogP contribution is 2.40. The number of nitrogens with zero attached hydrogens (tertiary/aromatic N) is 2. The Morgan fingerprint density at radius 2 is 1.71 bits per heavy atom. The Morgan fingerprint density at radius 1 is 1.04 bits per heavy atom. The second-order valence-electron chi connectivity index (χ2n) is 6.35. The zero-order chi connectivity index (χ0) is 20.6. The van der Waals surface area contributed by atoms with Crippen LogP contribution in [0.3, 0.4) is 0 Å². The van der Waals surface area contributed by atoms with Crippen LogP contribution in [0, 0.1) is 0 Å². The topological polar surface area (TPSA) is 168 Å². The van der Waals surface area contributed by atoms with Crippen molar-refractivity contribution in [3.63, 3.8) is 0 Å². The van der Waals surface area contributed by atoms with Crippen LogP contribution in [0.15, 0.2) is 41.1 Å². The predicted octanol–water partition coefficient (Wildman–Crippen LogP) is 0.736. The number of phenols is 2. The Labute approximate surface area is 158 Å². The van der Waals surface area contributed by atoms with Gasteiger partial charge in [0.25, 0.3) is 0 Å². The van der Waals surface area contributed by atoms with Gasteiger partial charge in [-0.3, -0.25) is 4.99 Å². The van der Waals surface area contributed by atoms with Gasteiger partial charge in [-0.2, -0.15) is 0 Å². The Balaban J connectivity index is 1.95. The molecule has 3 rings (SSSR count). The van der Waals surface area contributed by atoms with Crippen LogP contribution in [0.5, 0.6) is 11.5 Å². The van der Waals surface area contributed by atoms with Gasteiger partial charge in [-0.25, -0.2) is 14.4 Å². The average molecular weight is 388 g/mol. The van der Waals surface area contributed by atoms with Gasteiger partial charge in [-0.15, -0.1) is 0 Å². The highest BCUT2D eigenvalue weighted by Gasteiger charge is 2.34. The summed E-state index contributed by atoms with van der Waals surface area (Å²) < 4.78 is 0. The van der Waals surface area contributed by atoms with Gasteiger partial charge < -0.3 is 30.4 Å². The SMILES string of the molecule is O=C(O)C1=N[C@H](C(=O)O)CC(C=CN2c3cc(O)c(O)cc3C[C@@H]2C(=O)O)=C1. The summed E-state index contributed by atoms with van der Waals surface area (Å²) in [5.41, 5.74) is 0.830. The molecule has 0 fully saturated rings. The van der Waals surface area contributed by atoms with E-state index in [9.17, 15) is 29.7 Å². The molecule has 146 valence electrons. The fraction of sp³-hybridized carbons (Fsp3) is 0.222. The number of carboxylic acid groups (broad SMARTS) is 3. The molecule has 2 aliphatic heterocycles. The lowest BCUT2D eigenvalue weighted by Crippen LogP contribution is -2.34. The largest absolute Gasteiger partial charge is 0.504 e. The van der Waals surface area contributed by atoms with Gasteiger partial charge in [0, 0.05) is 30.8 Å². The second-order valence-corrected chi connectivity index (χ2v) is 6.35. The first-order valence-corrected chi connectivity index (χ1v) is 8.16. The van der Waals surface area contributed by atoms with Crippen molar-refractivity contribution in [2.24, 2.45) is 4.99 Å². The first-order valence-electron chi connectivity index (χ1n) is 8.16. The molecule has 10 nitrogen and oxygen atoms in total. The molecule has 1 aromatic carbocycles. The molecule has 0 saturated carbocycles. The van der Waals surface area contributed by atoms with Crippen LogP contribution in [0.25, 0.3) is 0 Å². The summed E-state index contributed by atoms with van der Waals surface area (Å²) >= 11 is 0. The fourth-order valence-electron chi connectivity index (χ4n) is 3.14. The van der Waals surface area contributed by atoms with E-state index in [4.69, 9.17) is 10.2 Å². The number of aliphatic carboxylic acids is 3. The molecule has 0 amide bonds. The number of anilines is 1. The molecule has 0 saturated heterocycles. The minimum Gasteiger partial charge on any atom is -0.504 e. The lowest BCUT2D eigenvalue weighted by atomic mass is 10.0. The van der Waals surface area contributed by atoms with Crippen LogP contribution < -0.4 is 4.90 Å². The number of aromatic hydroxyl groups is 2. The molecule has 10 heteroatoms. The van der Waals surface area contributed by atoms with E-state index in [1.807, 2.05) is 0 Å². The molecule has 1 aromatic rings. The van der Waals surface area contributed by atoms with Crippen molar-refractivity contribution in [3.05, 3.63) is 41.6 Å². The van der Waals surface area contributed by atoms with Crippen molar-refractivity contribution in [2.45, 2.75) is 24.9 Å². The molecule has 0 aromatic heterocycles. The zero-order valence-electron chi connectivity index (χ0n) is 14.3. The summed E-state index contributed by atoms with van der Waals surface area (Å²) in [4.78, 5) is 39.0. The van der Waals surface area contributed by atoms with Crippen molar-refractivity contribution in [3.8, 4) is 11.5 Å². The third-order valence-corrected chi connectivity index (χ3v) is 4.49. The maximum atomic E-state index is 11.6. The monoisotopic (exact) mass is 388 g/mol. The number of aliphatic imine (C=N–C) groups is 1. The quantitative estimate of drug-likeness (QED) is 0.457. The van der Waals surface area contributed by atoms with Crippen molar-refractivity contribution in [1.82, 2.24) is 0 Å². The maximum absolute atomic E-state index is 11.6. The van der Waals surface area contributed by atoms with E-state index in [0.717, 1.165) is 0 Å². The van der Waals surface area contributed by atoms with E-state index in [1.165, 1.54) is 35.4 Å². The Bertz CT molecular complexity index is 963. The minimum atomic E-state index is -1.37.